The van der Waals surface area contributed by atoms with Crippen molar-refractivity contribution in [1.29, 1.82) is 5.26 Å². The quantitative estimate of drug-likeness (QED) is 0.866. The monoisotopic (exact) mass is 293 g/mol. The smallest absolute Gasteiger partial charge is 0.161 e. The number of rotatable bonds is 4. The molecule has 0 amide bonds. The normalized spacial score (nSPS) is 13.3. The Balaban J connectivity index is 1.82. The molecule has 0 unspecified atom stereocenters. The van der Waals surface area contributed by atoms with Gasteiger partial charge in [-0.2, -0.15) is 5.26 Å². The Hall–Kier alpha value is -2.93. The van der Waals surface area contributed by atoms with Gasteiger partial charge < -0.3 is 14.2 Å². The topological polar surface area (TPSA) is 51.5 Å². The van der Waals surface area contributed by atoms with Gasteiger partial charge in [0, 0.05) is 5.56 Å². The molecule has 110 valence electrons. The van der Waals surface area contributed by atoms with Crippen molar-refractivity contribution in [3.05, 3.63) is 71.5 Å². The van der Waals surface area contributed by atoms with Gasteiger partial charge in [0.15, 0.2) is 5.76 Å². The first-order valence-electron chi connectivity index (χ1n) is 7.02. The standard InChI is InChI=1S/C18H15NO3/c19-11-16-7-6-15(18-13-20-8-9-21-18)10-17(16)22-12-14-4-2-1-3-5-14/h1-7,10,13H,8-9,12H2. The highest BCUT2D eigenvalue weighted by Crippen LogP contribution is 2.26. The Kier molecular flexibility index (Phi) is 4.26. The van der Waals surface area contributed by atoms with E-state index in [-0.39, 0.29) is 0 Å². The van der Waals surface area contributed by atoms with E-state index < -0.39 is 0 Å². The zero-order chi connectivity index (χ0) is 15.2. The molecular weight excluding hydrogens is 278 g/mol. The molecule has 4 nitrogen and oxygen atoms in total. The van der Waals surface area contributed by atoms with E-state index in [1.165, 1.54) is 0 Å². The Morgan fingerprint density at radius 1 is 1.09 bits per heavy atom. The minimum absolute atomic E-state index is 0.412. The van der Waals surface area contributed by atoms with Crippen LogP contribution in [0.3, 0.4) is 0 Å². The second kappa shape index (κ2) is 6.68. The first-order valence-corrected chi connectivity index (χ1v) is 7.02. The fourth-order valence-corrected chi connectivity index (χ4v) is 2.14. The van der Waals surface area contributed by atoms with Crippen LogP contribution in [0.5, 0.6) is 5.75 Å². The summed E-state index contributed by atoms with van der Waals surface area (Å²) in [7, 11) is 0. The van der Waals surface area contributed by atoms with Crippen molar-refractivity contribution < 1.29 is 14.2 Å². The van der Waals surface area contributed by atoms with Gasteiger partial charge >= 0.3 is 0 Å². The van der Waals surface area contributed by atoms with Crippen LogP contribution in [0, 0.1) is 11.3 Å². The van der Waals surface area contributed by atoms with E-state index in [1.807, 2.05) is 42.5 Å². The van der Waals surface area contributed by atoms with Crippen molar-refractivity contribution in [3.8, 4) is 11.8 Å². The van der Waals surface area contributed by atoms with Gasteiger partial charge in [0.05, 0.1) is 5.56 Å². The first-order chi connectivity index (χ1) is 10.9. The van der Waals surface area contributed by atoms with Crippen LogP contribution in [0.1, 0.15) is 16.7 Å². The van der Waals surface area contributed by atoms with Crippen LogP contribution in [-0.4, -0.2) is 13.2 Å². The molecule has 0 atom stereocenters. The minimum Gasteiger partial charge on any atom is -0.494 e. The lowest BCUT2D eigenvalue weighted by Gasteiger charge is -2.16. The molecular formula is C18H15NO3. The molecule has 1 aliphatic heterocycles. The van der Waals surface area contributed by atoms with E-state index in [0.29, 0.717) is 36.9 Å². The van der Waals surface area contributed by atoms with Gasteiger partial charge in [-0.3, -0.25) is 0 Å². The first kappa shape index (κ1) is 14.0. The average Bonchev–Trinajstić information content (AvgIpc) is 2.61. The van der Waals surface area contributed by atoms with Gasteiger partial charge in [-0.15, -0.1) is 0 Å². The van der Waals surface area contributed by atoms with Crippen LogP contribution in [0.15, 0.2) is 54.8 Å². The largest absolute Gasteiger partial charge is 0.494 e. The molecule has 22 heavy (non-hydrogen) atoms. The molecule has 0 aromatic heterocycles. The highest BCUT2D eigenvalue weighted by Gasteiger charge is 2.12. The van der Waals surface area contributed by atoms with Crippen LogP contribution in [0.4, 0.5) is 0 Å². The Bertz CT molecular complexity index is 717. The molecule has 0 fully saturated rings. The van der Waals surface area contributed by atoms with E-state index in [2.05, 4.69) is 6.07 Å². The Labute approximate surface area is 129 Å². The molecule has 0 saturated heterocycles. The van der Waals surface area contributed by atoms with Crippen molar-refractivity contribution in [1.82, 2.24) is 0 Å². The molecule has 2 aromatic carbocycles. The number of ether oxygens (including phenoxy) is 3. The van der Waals surface area contributed by atoms with Gasteiger partial charge in [-0.25, -0.2) is 0 Å². The zero-order valence-corrected chi connectivity index (χ0v) is 12.0. The lowest BCUT2D eigenvalue weighted by atomic mass is 10.1. The highest BCUT2D eigenvalue weighted by molar-refractivity contribution is 5.63. The molecule has 3 rings (SSSR count). The Morgan fingerprint density at radius 2 is 1.95 bits per heavy atom. The van der Waals surface area contributed by atoms with E-state index in [4.69, 9.17) is 14.2 Å². The van der Waals surface area contributed by atoms with E-state index in [9.17, 15) is 5.26 Å². The van der Waals surface area contributed by atoms with Gasteiger partial charge in [-0.05, 0) is 23.8 Å². The number of hydrogen-bond donors (Lipinski definition) is 0. The number of nitriles is 1. The summed E-state index contributed by atoms with van der Waals surface area (Å²) in [4.78, 5) is 0. The third-order valence-corrected chi connectivity index (χ3v) is 3.27. The maximum absolute atomic E-state index is 9.22. The molecule has 0 N–H and O–H groups in total. The van der Waals surface area contributed by atoms with Gasteiger partial charge in [-0.1, -0.05) is 30.3 Å². The lowest BCUT2D eigenvalue weighted by Crippen LogP contribution is -2.07. The maximum Gasteiger partial charge on any atom is 0.161 e. The summed E-state index contributed by atoms with van der Waals surface area (Å²) in [6.07, 6.45) is 1.59. The summed E-state index contributed by atoms with van der Waals surface area (Å²) in [6, 6.07) is 17.3. The maximum atomic E-state index is 9.22. The predicted molar refractivity (Wildman–Crippen MR) is 81.8 cm³/mol. The lowest BCUT2D eigenvalue weighted by molar-refractivity contribution is 0.125. The molecule has 1 heterocycles. The van der Waals surface area contributed by atoms with Crippen LogP contribution in [0.25, 0.3) is 5.76 Å². The third kappa shape index (κ3) is 3.21. The van der Waals surface area contributed by atoms with Crippen molar-refractivity contribution in [2.45, 2.75) is 6.61 Å². The molecule has 0 spiro atoms. The molecule has 0 bridgehead atoms. The average molecular weight is 293 g/mol. The third-order valence-electron chi connectivity index (χ3n) is 3.27. The van der Waals surface area contributed by atoms with Crippen LogP contribution < -0.4 is 4.74 Å². The summed E-state index contributed by atoms with van der Waals surface area (Å²) >= 11 is 0. The fourth-order valence-electron chi connectivity index (χ4n) is 2.14. The van der Waals surface area contributed by atoms with Crippen molar-refractivity contribution in [2.75, 3.05) is 13.2 Å². The molecule has 2 aromatic rings. The summed E-state index contributed by atoms with van der Waals surface area (Å²) in [5.74, 6) is 1.19. The molecule has 0 saturated carbocycles. The van der Waals surface area contributed by atoms with Crippen LogP contribution in [-0.2, 0) is 16.1 Å². The van der Waals surface area contributed by atoms with E-state index >= 15 is 0 Å². The van der Waals surface area contributed by atoms with Gasteiger partial charge in [0.25, 0.3) is 0 Å². The van der Waals surface area contributed by atoms with Gasteiger partial charge in [0.2, 0.25) is 0 Å². The molecule has 4 heteroatoms. The second-order valence-electron chi connectivity index (χ2n) is 4.80. The second-order valence-corrected chi connectivity index (χ2v) is 4.80. The zero-order valence-electron chi connectivity index (χ0n) is 12.0. The molecule has 0 radical (unpaired) electrons. The number of benzene rings is 2. The van der Waals surface area contributed by atoms with Gasteiger partial charge in [0.1, 0.15) is 37.9 Å². The molecule has 1 aliphatic rings. The van der Waals surface area contributed by atoms with Crippen LogP contribution >= 0.6 is 0 Å². The van der Waals surface area contributed by atoms with E-state index in [1.54, 1.807) is 12.3 Å². The highest BCUT2D eigenvalue weighted by atomic mass is 16.6. The number of hydrogen-bond acceptors (Lipinski definition) is 4. The SMILES string of the molecule is N#Cc1ccc(C2=COCCO2)cc1OCc1ccccc1. The van der Waals surface area contributed by atoms with Crippen molar-refractivity contribution >= 4 is 5.76 Å². The Morgan fingerprint density at radius 3 is 2.68 bits per heavy atom. The van der Waals surface area contributed by atoms with Crippen molar-refractivity contribution in [2.24, 2.45) is 0 Å². The summed E-state index contributed by atoms with van der Waals surface area (Å²) in [5.41, 5.74) is 2.38. The van der Waals surface area contributed by atoms with Crippen LogP contribution in [0.2, 0.25) is 0 Å². The summed E-state index contributed by atoms with van der Waals surface area (Å²) < 4.78 is 16.6. The van der Waals surface area contributed by atoms with Crippen molar-refractivity contribution in [3.63, 3.8) is 0 Å². The predicted octanol–water partition coefficient (Wildman–Crippen LogP) is 3.48. The molecule has 0 aliphatic carbocycles. The fraction of sp³-hybridized carbons (Fsp3) is 0.167. The summed E-state index contributed by atoms with van der Waals surface area (Å²) in [5, 5.41) is 9.22. The minimum atomic E-state index is 0.412. The number of nitrogens with zero attached hydrogens (tertiary/aromatic N) is 1. The summed E-state index contributed by atoms with van der Waals surface area (Å²) in [6.45, 7) is 1.48. The van der Waals surface area contributed by atoms with E-state index in [0.717, 1.165) is 11.1 Å².